The topological polar surface area (TPSA) is 12.0 Å². The average Bonchev–Trinajstić information content (AvgIpc) is 3.23. The first-order valence-corrected chi connectivity index (χ1v) is 14.5. The van der Waals surface area contributed by atoms with Gasteiger partial charge in [-0.1, -0.05) is 108 Å². The van der Waals surface area contributed by atoms with E-state index in [0.717, 1.165) is 51.5 Å². The Balaban J connectivity index is 1.38. The number of rotatable bonds is 18. The van der Waals surface area contributed by atoms with Crippen LogP contribution in [0.4, 0.5) is 18.9 Å². The van der Waals surface area contributed by atoms with Crippen LogP contribution in [0.2, 0.25) is 0 Å². The molecule has 2 aromatic carbocycles. The maximum Gasteiger partial charge on any atom is 0.389 e. The van der Waals surface area contributed by atoms with Crippen LogP contribution >= 0.6 is 0 Å². The third-order valence-corrected chi connectivity index (χ3v) is 7.53. The summed E-state index contributed by atoms with van der Waals surface area (Å²) in [6.07, 6.45) is 13.1. The lowest BCUT2D eigenvalue weighted by Crippen LogP contribution is -2.06. The fourth-order valence-electron chi connectivity index (χ4n) is 5.41. The molecule has 4 heteroatoms. The van der Waals surface area contributed by atoms with Crippen molar-refractivity contribution >= 4 is 5.69 Å². The normalized spacial score (nSPS) is 12.6. The molecule has 0 atom stereocenters. The number of halogens is 3. The van der Waals surface area contributed by atoms with E-state index in [1.165, 1.54) is 78.5 Å². The van der Waals surface area contributed by atoms with Crippen molar-refractivity contribution in [3.63, 3.8) is 0 Å². The van der Waals surface area contributed by atoms with Crippen LogP contribution in [0.25, 0.3) is 11.1 Å². The number of hydrogen-bond donors (Lipinski definition) is 1. The standard InChI is InChI=1S/C32H46F3N/c1-2-3-4-5-9-12-15-23-36-31-19-16-18-28-29-24-26(20-21-27(29)25-30(28)31)17-13-10-7-6-8-11-14-22-32(33,34)35/h16,18-21,24,36H,2-15,17,22-23,25H2,1H3. The molecule has 0 spiro atoms. The summed E-state index contributed by atoms with van der Waals surface area (Å²) in [6, 6.07) is 13.7. The Morgan fingerprint density at radius 2 is 1.39 bits per heavy atom. The molecule has 0 radical (unpaired) electrons. The molecule has 1 aliphatic rings. The monoisotopic (exact) mass is 501 g/mol. The van der Waals surface area contributed by atoms with Crippen molar-refractivity contribution in [3.8, 4) is 11.1 Å². The Kier molecular flexibility index (Phi) is 12.2. The third kappa shape index (κ3) is 9.82. The largest absolute Gasteiger partial charge is 0.389 e. The van der Waals surface area contributed by atoms with E-state index in [9.17, 15) is 13.2 Å². The van der Waals surface area contributed by atoms with Gasteiger partial charge >= 0.3 is 6.18 Å². The fraction of sp³-hybridized carbons (Fsp3) is 0.625. The number of anilines is 1. The van der Waals surface area contributed by atoms with Gasteiger partial charge in [0.15, 0.2) is 0 Å². The zero-order valence-electron chi connectivity index (χ0n) is 22.3. The Morgan fingerprint density at radius 1 is 0.722 bits per heavy atom. The van der Waals surface area contributed by atoms with Crippen molar-refractivity contribution < 1.29 is 13.2 Å². The van der Waals surface area contributed by atoms with Gasteiger partial charge in [0.05, 0.1) is 0 Å². The van der Waals surface area contributed by atoms with Gasteiger partial charge in [0.2, 0.25) is 0 Å². The quantitative estimate of drug-likeness (QED) is 0.171. The molecule has 36 heavy (non-hydrogen) atoms. The minimum absolute atomic E-state index is 0.274. The highest BCUT2D eigenvalue weighted by molar-refractivity contribution is 5.82. The number of nitrogens with one attached hydrogen (secondary N) is 1. The van der Waals surface area contributed by atoms with E-state index >= 15 is 0 Å². The Morgan fingerprint density at radius 3 is 2.11 bits per heavy atom. The molecule has 0 aromatic heterocycles. The summed E-state index contributed by atoms with van der Waals surface area (Å²) < 4.78 is 36.6. The average molecular weight is 502 g/mol. The number of unbranched alkanes of at least 4 members (excludes halogenated alkanes) is 12. The fourth-order valence-corrected chi connectivity index (χ4v) is 5.41. The molecule has 1 aliphatic carbocycles. The summed E-state index contributed by atoms with van der Waals surface area (Å²) in [6.45, 7) is 3.32. The molecule has 0 amide bonds. The number of alkyl halides is 3. The lowest BCUT2D eigenvalue weighted by atomic mass is 9.99. The van der Waals surface area contributed by atoms with Gasteiger partial charge in [-0.3, -0.25) is 0 Å². The van der Waals surface area contributed by atoms with E-state index in [2.05, 4.69) is 48.6 Å². The number of aryl methyl sites for hydroxylation is 1. The SMILES string of the molecule is CCCCCCCCCNc1cccc2c1Cc1ccc(CCCCCCCCCC(F)(F)F)cc1-2. The van der Waals surface area contributed by atoms with Gasteiger partial charge in [-0.2, -0.15) is 13.2 Å². The van der Waals surface area contributed by atoms with Crippen molar-refractivity contribution in [2.45, 2.75) is 122 Å². The molecule has 0 saturated carbocycles. The number of fused-ring (bicyclic) bond motifs is 3. The molecule has 1 N–H and O–H groups in total. The van der Waals surface area contributed by atoms with Crippen LogP contribution in [0.1, 0.15) is 120 Å². The van der Waals surface area contributed by atoms with Gasteiger partial charge in [0, 0.05) is 25.1 Å². The number of benzene rings is 2. The smallest absolute Gasteiger partial charge is 0.385 e. The molecule has 3 rings (SSSR count). The Labute approximate surface area is 217 Å². The lowest BCUT2D eigenvalue weighted by Gasteiger charge is -2.11. The van der Waals surface area contributed by atoms with E-state index in [4.69, 9.17) is 0 Å². The van der Waals surface area contributed by atoms with Gasteiger partial charge in [0.25, 0.3) is 0 Å². The molecule has 0 bridgehead atoms. The Bertz CT molecular complexity index is 903. The molecule has 200 valence electrons. The third-order valence-electron chi connectivity index (χ3n) is 7.53. The maximum absolute atomic E-state index is 12.2. The minimum atomic E-state index is -4.00. The zero-order chi connectivity index (χ0) is 25.6. The second-order valence-corrected chi connectivity index (χ2v) is 10.6. The molecule has 0 fully saturated rings. The molecular formula is C32H46F3N. The summed E-state index contributed by atoms with van der Waals surface area (Å²) in [5.74, 6) is 0. The van der Waals surface area contributed by atoms with Crippen LogP contribution in [0.15, 0.2) is 36.4 Å². The molecule has 0 unspecified atom stereocenters. The Hall–Kier alpha value is -1.97. The lowest BCUT2D eigenvalue weighted by molar-refractivity contribution is -0.135. The van der Waals surface area contributed by atoms with E-state index in [-0.39, 0.29) is 6.42 Å². The summed E-state index contributed by atoms with van der Waals surface area (Å²) in [5, 5.41) is 3.71. The number of hydrogen-bond acceptors (Lipinski definition) is 1. The van der Waals surface area contributed by atoms with Crippen molar-refractivity contribution in [1.82, 2.24) is 0 Å². The minimum Gasteiger partial charge on any atom is -0.385 e. The maximum atomic E-state index is 12.2. The highest BCUT2D eigenvalue weighted by atomic mass is 19.4. The van der Waals surface area contributed by atoms with Gasteiger partial charge in [-0.25, -0.2) is 0 Å². The molecule has 0 heterocycles. The first kappa shape index (κ1) is 28.6. The van der Waals surface area contributed by atoms with Crippen LogP contribution in [-0.4, -0.2) is 12.7 Å². The van der Waals surface area contributed by atoms with Crippen LogP contribution in [0, 0.1) is 0 Å². The van der Waals surface area contributed by atoms with E-state index in [0.29, 0.717) is 6.42 Å². The predicted molar refractivity (Wildman–Crippen MR) is 148 cm³/mol. The van der Waals surface area contributed by atoms with Gasteiger partial charge < -0.3 is 5.32 Å². The second kappa shape index (κ2) is 15.3. The summed E-state index contributed by atoms with van der Waals surface area (Å²) >= 11 is 0. The van der Waals surface area contributed by atoms with Crippen LogP contribution in [0.5, 0.6) is 0 Å². The van der Waals surface area contributed by atoms with E-state index < -0.39 is 12.6 Å². The molecule has 1 nitrogen and oxygen atoms in total. The van der Waals surface area contributed by atoms with Gasteiger partial charge in [-0.05, 0) is 59.6 Å². The molecule has 0 saturated heterocycles. The van der Waals surface area contributed by atoms with Crippen molar-refractivity contribution in [1.29, 1.82) is 0 Å². The first-order chi connectivity index (χ1) is 17.5. The van der Waals surface area contributed by atoms with Crippen molar-refractivity contribution in [2.75, 3.05) is 11.9 Å². The summed E-state index contributed by atoms with van der Waals surface area (Å²) in [7, 11) is 0. The molecule has 2 aromatic rings. The van der Waals surface area contributed by atoms with Crippen molar-refractivity contribution in [2.24, 2.45) is 0 Å². The van der Waals surface area contributed by atoms with Crippen LogP contribution in [-0.2, 0) is 12.8 Å². The van der Waals surface area contributed by atoms with Gasteiger partial charge in [0.1, 0.15) is 0 Å². The summed E-state index contributed by atoms with van der Waals surface area (Å²) in [4.78, 5) is 0. The molecular weight excluding hydrogens is 455 g/mol. The van der Waals surface area contributed by atoms with Crippen LogP contribution < -0.4 is 5.32 Å². The summed E-state index contributed by atoms with van der Waals surface area (Å²) in [5.41, 5.74) is 8.34. The molecule has 0 aliphatic heterocycles. The van der Waals surface area contributed by atoms with Crippen LogP contribution in [0.3, 0.4) is 0 Å². The van der Waals surface area contributed by atoms with E-state index in [1.807, 2.05) is 0 Å². The highest BCUT2D eigenvalue weighted by Gasteiger charge is 2.25. The zero-order valence-corrected chi connectivity index (χ0v) is 22.3. The highest BCUT2D eigenvalue weighted by Crippen LogP contribution is 2.40. The van der Waals surface area contributed by atoms with Crippen molar-refractivity contribution in [3.05, 3.63) is 53.1 Å². The predicted octanol–water partition coefficient (Wildman–Crippen LogP) is 10.6. The second-order valence-electron chi connectivity index (χ2n) is 10.6. The van der Waals surface area contributed by atoms with Gasteiger partial charge in [-0.15, -0.1) is 0 Å². The first-order valence-electron chi connectivity index (χ1n) is 14.5. The van der Waals surface area contributed by atoms with E-state index in [1.54, 1.807) is 0 Å².